The van der Waals surface area contributed by atoms with E-state index in [1.54, 1.807) is 11.3 Å². The van der Waals surface area contributed by atoms with Crippen LogP contribution in [0.1, 0.15) is 34.0 Å². The number of hydrogen-bond donors (Lipinski definition) is 2. The first-order valence-corrected chi connectivity index (χ1v) is 11.4. The van der Waals surface area contributed by atoms with Crippen molar-refractivity contribution in [2.75, 3.05) is 19.6 Å². The number of carbonyl (C=O) groups is 1. The van der Waals surface area contributed by atoms with Gasteiger partial charge in [0.25, 0.3) is 0 Å². The first kappa shape index (κ1) is 20.8. The van der Waals surface area contributed by atoms with Gasteiger partial charge in [-0.25, -0.2) is 0 Å². The van der Waals surface area contributed by atoms with Gasteiger partial charge < -0.3 is 5.32 Å². The standard InChI is InChI=1S/C25H29N3OS/c1-19-9-11-21(12-10-19)25(23-8-5-15-30-23)26-16-24(29)27-22-13-14-28(18-22)17-20-6-3-2-4-7-20/h2-12,15,22,25-26H,13-14,16-18H2,1H3,(H,27,29)/t22-,25+/m1/s1. The van der Waals surface area contributed by atoms with Gasteiger partial charge in [-0.2, -0.15) is 0 Å². The summed E-state index contributed by atoms with van der Waals surface area (Å²) in [4.78, 5) is 16.3. The molecule has 0 bridgehead atoms. The predicted molar refractivity (Wildman–Crippen MR) is 124 cm³/mol. The number of benzene rings is 2. The van der Waals surface area contributed by atoms with Crippen LogP contribution in [0.3, 0.4) is 0 Å². The van der Waals surface area contributed by atoms with Crippen molar-refractivity contribution in [2.24, 2.45) is 0 Å². The molecule has 1 aliphatic rings. The molecule has 0 spiro atoms. The van der Waals surface area contributed by atoms with Crippen LogP contribution in [-0.2, 0) is 11.3 Å². The maximum absolute atomic E-state index is 12.6. The molecule has 4 rings (SSSR count). The number of hydrogen-bond acceptors (Lipinski definition) is 4. The lowest BCUT2D eigenvalue weighted by molar-refractivity contribution is -0.120. The molecule has 0 unspecified atom stereocenters. The van der Waals surface area contributed by atoms with Crippen molar-refractivity contribution in [2.45, 2.75) is 32.0 Å². The molecule has 156 valence electrons. The number of aryl methyl sites for hydroxylation is 1. The molecule has 2 heterocycles. The molecule has 3 aromatic rings. The zero-order valence-corrected chi connectivity index (χ0v) is 18.2. The highest BCUT2D eigenvalue weighted by molar-refractivity contribution is 7.10. The van der Waals surface area contributed by atoms with Gasteiger partial charge in [-0.05, 0) is 35.9 Å². The third-order valence-electron chi connectivity index (χ3n) is 5.59. The van der Waals surface area contributed by atoms with Crippen LogP contribution in [0.2, 0.25) is 0 Å². The van der Waals surface area contributed by atoms with Crippen molar-refractivity contribution in [3.63, 3.8) is 0 Å². The number of nitrogens with one attached hydrogen (secondary N) is 2. The Labute approximate surface area is 182 Å². The minimum Gasteiger partial charge on any atom is -0.351 e. The summed E-state index contributed by atoms with van der Waals surface area (Å²) in [5.74, 6) is 0.0650. The lowest BCUT2D eigenvalue weighted by Gasteiger charge is -2.20. The van der Waals surface area contributed by atoms with Crippen molar-refractivity contribution in [1.29, 1.82) is 0 Å². The average Bonchev–Trinajstić information content (AvgIpc) is 3.43. The second-order valence-electron chi connectivity index (χ2n) is 8.01. The van der Waals surface area contributed by atoms with Crippen LogP contribution in [0.15, 0.2) is 72.1 Å². The van der Waals surface area contributed by atoms with Crippen LogP contribution in [0, 0.1) is 6.92 Å². The van der Waals surface area contributed by atoms with Crippen molar-refractivity contribution in [3.05, 3.63) is 93.7 Å². The maximum atomic E-state index is 12.6. The molecule has 1 amide bonds. The summed E-state index contributed by atoms with van der Waals surface area (Å²) in [5.41, 5.74) is 3.75. The molecule has 1 aliphatic heterocycles. The highest BCUT2D eigenvalue weighted by atomic mass is 32.1. The molecule has 1 saturated heterocycles. The molecule has 0 saturated carbocycles. The Bertz CT molecular complexity index is 925. The molecule has 2 N–H and O–H groups in total. The summed E-state index contributed by atoms with van der Waals surface area (Å²) in [6.07, 6.45) is 1.00. The Morgan fingerprint density at radius 3 is 2.63 bits per heavy atom. The summed E-state index contributed by atoms with van der Waals surface area (Å²) in [6, 6.07) is 23.5. The average molecular weight is 420 g/mol. The molecule has 30 heavy (non-hydrogen) atoms. The minimum atomic E-state index is 0.0366. The normalized spacial score (nSPS) is 17.7. The lowest BCUT2D eigenvalue weighted by Crippen LogP contribution is -2.42. The van der Waals surface area contributed by atoms with Gasteiger partial charge in [-0.1, -0.05) is 66.2 Å². The third kappa shape index (κ3) is 5.57. The Morgan fingerprint density at radius 2 is 1.90 bits per heavy atom. The van der Waals surface area contributed by atoms with E-state index in [0.717, 1.165) is 26.1 Å². The molecular formula is C25H29N3OS. The molecule has 1 aromatic heterocycles. The second kappa shape index (κ2) is 10.0. The lowest BCUT2D eigenvalue weighted by atomic mass is 10.0. The summed E-state index contributed by atoms with van der Waals surface area (Å²) in [6.45, 7) is 5.28. The smallest absolute Gasteiger partial charge is 0.234 e. The van der Waals surface area contributed by atoms with Crippen LogP contribution in [0.5, 0.6) is 0 Å². The van der Waals surface area contributed by atoms with E-state index in [-0.39, 0.29) is 18.0 Å². The molecular weight excluding hydrogens is 390 g/mol. The van der Waals surface area contributed by atoms with E-state index in [2.05, 4.69) is 88.5 Å². The van der Waals surface area contributed by atoms with Gasteiger partial charge in [0.15, 0.2) is 0 Å². The molecule has 5 heteroatoms. The number of likely N-dealkylation sites (tertiary alicyclic amines) is 1. The van der Waals surface area contributed by atoms with Gasteiger partial charge in [0.1, 0.15) is 0 Å². The monoisotopic (exact) mass is 419 g/mol. The summed E-state index contributed by atoms with van der Waals surface area (Å²) < 4.78 is 0. The fourth-order valence-electron chi connectivity index (χ4n) is 4.01. The molecule has 2 atom stereocenters. The number of thiophene rings is 1. The largest absolute Gasteiger partial charge is 0.351 e. The van der Waals surface area contributed by atoms with Gasteiger partial charge in [0.2, 0.25) is 5.91 Å². The van der Waals surface area contributed by atoms with E-state index in [0.29, 0.717) is 6.54 Å². The Hall–Kier alpha value is -2.47. The van der Waals surface area contributed by atoms with Crippen LogP contribution in [0.4, 0.5) is 0 Å². The second-order valence-corrected chi connectivity index (χ2v) is 8.99. The molecule has 0 radical (unpaired) electrons. The molecule has 4 nitrogen and oxygen atoms in total. The van der Waals surface area contributed by atoms with Gasteiger partial charge >= 0.3 is 0 Å². The first-order chi connectivity index (χ1) is 14.7. The first-order valence-electron chi connectivity index (χ1n) is 10.6. The third-order valence-corrected chi connectivity index (χ3v) is 6.53. The van der Waals surface area contributed by atoms with E-state index >= 15 is 0 Å². The van der Waals surface area contributed by atoms with E-state index in [1.807, 2.05) is 6.07 Å². The quantitative estimate of drug-likeness (QED) is 0.577. The number of nitrogens with zero attached hydrogens (tertiary/aromatic N) is 1. The van der Waals surface area contributed by atoms with Crippen LogP contribution >= 0.6 is 11.3 Å². The van der Waals surface area contributed by atoms with E-state index in [4.69, 9.17) is 0 Å². The van der Waals surface area contributed by atoms with Crippen LogP contribution in [0.25, 0.3) is 0 Å². The van der Waals surface area contributed by atoms with E-state index < -0.39 is 0 Å². The van der Waals surface area contributed by atoms with Gasteiger partial charge in [-0.15, -0.1) is 11.3 Å². The Kier molecular flexibility index (Phi) is 6.95. The number of carbonyl (C=O) groups excluding carboxylic acids is 1. The Balaban J connectivity index is 1.29. The fourth-order valence-corrected chi connectivity index (χ4v) is 4.83. The highest BCUT2D eigenvalue weighted by Crippen LogP contribution is 2.26. The Morgan fingerprint density at radius 1 is 1.10 bits per heavy atom. The summed E-state index contributed by atoms with van der Waals surface area (Å²) in [5, 5.41) is 8.77. The van der Waals surface area contributed by atoms with E-state index in [1.165, 1.54) is 21.6 Å². The molecule has 2 aromatic carbocycles. The SMILES string of the molecule is Cc1ccc([C@H](NCC(=O)N[C@@H]2CCN(Cc3ccccc3)C2)c2cccs2)cc1. The van der Waals surface area contributed by atoms with Gasteiger partial charge in [0.05, 0.1) is 12.6 Å². The number of rotatable bonds is 8. The van der Waals surface area contributed by atoms with Crippen molar-refractivity contribution < 1.29 is 4.79 Å². The van der Waals surface area contributed by atoms with Crippen LogP contribution in [-0.4, -0.2) is 36.5 Å². The molecule has 1 fully saturated rings. The summed E-state index contributed by atoms with van der Waals surface area (Å²) >= 11 is 1.71. The maximum Gasteiger partial charge on any atom is 0.234 e. The highest BCUT2D eigenvalue weighted by Gasteiger charge is 2.24. The van der Waals surface area contributed by atoms with Crippen molar-refractivity contribution >= 4 is 17.2 Å². The van der Waals surface area contributed by atoms with Gasteiger partial charge in [0, 0.05) is 30.6 Å². The van der Waals surface area contributed by atoms with Gasteiger partial charge in [-0.3, -0.25) is 15.0 Å². The van der Waals surface area contributed by atoms with E-state index in [9.17, 15) is 4.79 Å². The topological polar surface area (TPSA) is 44.4 Å². The zero-order chi connectivity index (χ0) is 20.8. The summed E-state index contributed by atoms with van der Waals surface area (Å²) in [7, 11) is 0. The predicted octanol–water partition coefficient (Wildman–Crippen LogP) is 4.13. The zero-order valence-electron chi connectivity index (χ0n) is 17.4. The fraction of sp³-hybridized carbons (Fsp3) is 0.320. The number of amides is 1. The molecule has 0 aliphatic carbocycles. The van der Waals surface area contributed by atoms with Crippen molar-refractivity contribution in [1.82, 2.24) is 15.5 Å². The van der Waals surface area contributed by atoms with Crippen LogP contribution < -0.4 is 10.6 Å². The minimum absolute atomic E-state index is 0.0366. The van der Waals surface area contributed by atoms with Crippen molar-refractivity contribution in [3.8, 4) is 0 Å².